The minimum absolute atomic E-state index is 0.0711. The number of benzene rings is 1. The highest BCUT2D eigenvalue weighted by molar-refractivity contribution is 7.53. The molecule has 1 N–H and O–H groups in total. The van der Waals surface area contributed by atoms with Gasteiger partial charge in [0, 0.05) is 5.69 Å². The normalized spacial score (nSPS) is 12.9. The molecule has 26 heavy (non-hydrogen) atoms. The molecule has 0 saturated carbocycles. The van der Waals surface area contributed by atoms with E-state index in [1.165, 1.54) is 19.2 Å². The van der Waals surface area contributed by atoms with Crippen LogP contribution >= 0.6 is 7.60 Å². The average Bonchev–Trinajstić information content (AvgIpc) is 2.47. The van der Waals surface area contributed by atoms with Gasteiger partial charge in [-0.1, -0.05) is 6.07 Å². The van der Waals surface area contributed by atoms with Crippen LogP contribution in [-0.4, -0.2) is 25.3 Å². The predicted molar refractivity (Wildman–Crippen MR) is 80.7 cm³/mol. The number of hydrogen-bond acceptors (Lipinski definition) is 4. The van der Waals surface area contributed by atoms with Gasteiger partial charge in [0.05, 0.1) is 24.9 Å². The van der Waals surface area contributed by atoms with Gasteiger partial charge in [-0.25, -0.2) is 0 Å². The average molecular weight is 407 g/mol. The molecule has 0 aromatic heterocycles. The summed E-state index contributed by atoms with van der Waals surface area (Å²) in [5.74, 6) is -2.41. The smallest absolute Gasteiger partial charge is 0.318 e. The Kier molecular flexibility index (Phi) is 7.26. The molecule has 0 atom stereocenters. The molecule has 0 aliphatic carbocycles. The molecule has 1 rings (SSSR count). The summed E-state index contributed by atoms with van der Waals surface area (Å²) < 4.78 is 98.7. The standard InChI is InChI=1S/C14H16F6NO4P/c1-3-24-26(23,25-4-2)8-9-5-6-10(7-11(9)13(15,16)17)21-12(22)14(18,19)20/h5-7H,3-4,8H2,1-2H3,(H,21,22). The SMILES string of the molecule is CCOP(=O)(Cc1ccc(NC(=O)C(F)(F)F)cc1C(F)(F)F)OCC. The van der Waals surface area contributed by atoms with Crippen LogP contribution in [0.2, 0.25) is 0 Å². The van der Waals surface area contributed by atoms with Gasteiger partial charge < -0.3 is 14.4 Å². The quantitative estimate of drug-likeness (QED) is 0.512. The summed E-state index contributed by atoms with van der Waals surface area (Å²) in [6.07, 6.45) is -10.9. The first kappa shape index (κ1) is 22.5. The lowest BCUT2D eigenvalue weighted by molar-refractivity contribution is -0.167. The monoisotopic (exact) mass is 407 g/mol. The van der Waals surface area contributed by atoms with E-state index < -0.39 is 48.8 Å². The Labute approximate surface area is 145 Å². The minimum atomic E-state index is -5.25. The van der Waals surface area contributed by atoms with Crippen LogP contribution in [0.5, 0.6) is 0 Å². The van der Waals surface area contributed by atoms with Gasteiger partial charge in [0.15, 0.2) is 0 Å². The molecule has 0 unspecified atom stereocenters. The summed E-state index contributed by atoms with van der Waals surface area (Å²) in [6, 6.07) is 2.00. The Bertz CT molecular complexity index is 679. The van der Waals surface area contributed by atoms with Crippen molar-refractivity contribution in [1.82, 2.24) is 0 Å². The molecule has 148 valence electrons. The molecule has 0 aliphatic rings. The van der Waals surface area contributed by atoms with Crippen molar-refractivity contribution in [2.45, 2.75) is 32.4 Å². The lowest BCUT2D eigenvalue weighted by Crippen LogP contribution is -2.30. The van der Waals surface area contributed by atoms with E-state index in [2.05, 4.69) is 0 Å². The fourth-order valence-corrected chi connectivity index (χ4v) is 3.73. The number of anilines is 1. The Hall–Kier alpha value is -1.58. The number of carbonyl (C=O) groups excluding carboxylic acids is 1. The first-order valence-electron chi connectivity index (χ1n) is 7.29. The lowest BCUT2D eigenvalue weighted by atomic mass is 10.1. The fourth-order valence-electron chi connectivity index (χ4n) is 1.99. The molecule has 1 aromatic carbocycles. The van der Waals surface area contributed by atoms with Crippen LogP contribution < -0.4 is 5.32 Å². The second kappa shape index (κ2) is 8.41. The molecule has 0 radical (unpaired) electrons. The van der Waals surface area contributed by atoms with Crippen molar-refractivity contribution < 1.29 is 44.7 Å². The molecular weight excluding hydrogens is 391 g/mol. The summed E-state index contributed by atoms with van der Waals surface area (Å²) in [5.41, 5.74) is -2.55. The van der Waals surface area contributed by atoms with Crippen LogP contribution in [0.3, 0.4) is 0 Å². The van der Waals surface area contributed by atoms with Crippen LogP contribution in [-0.2, 0) is 30.7 Å². The molecule has 5 nitrogen and oxygen atoms in total. The Morgan fingerprint density at radius 3 is 2.04 bits per heavy atom. The third kappa shape index (κ3) is 6.30. The summed E-state index contributed by atoms with van der Waals surface area (Å²) in [5, 5.41) is 1.34. The zero-order valence-electron chi connectivity index (χ0n) is 13.7. The summed E-state index contributed by atoms with van der Waals surface area (Å²) in [4.78, 5) is 10.9. The third-order valence-corrected chi connectivity index (χ3v) is 4.98. The number of carbonyl (C=O) groups is 1. The van der Waals surface area contributed by atoms with Crippen LogP contribution in [0.1, 0.15) is 25.0 Å². The topological polar surface area (TPSA) is 64.6 Å². The van der Waals surface area contributed by atoms with Gasteiger partial charge in [0.25, 0.3) is 0 Å². The summed E-state index contributed by atoms with van der Waals surface area (Å²) in [6.45, 7) is 2.81. The molecule has 0 bridgehead atoms. The van der Waals surface area contributed by atoms with Gasteiger partial charge in [-0.3, -0.25) is 9.36 Å². The zero-order chi connectivity index (χ0) is 20.2. The van der Waals surface area contributed by atoms with Crippen molar-refractivity contribution in [3.63, 3.8) is 0 Å². The Morgan fingerprint density at radius 1 is 1.08 bits per heavy atom. The summed E-state index contributed by atoms with van der Waals surface area (Å²) >= 11 is 0. The lowest BCUT2D eigenvalue weighted by Gasteiger charge is -2.20. The van der Waals surface area contributed by atoms with Gasteiger partial charge >= 0.3 is 25.9 Å². The van der Waals surface area contributed by atoms with E-state index in [1.54, 1.807) is 0 Å². The van der Waals surface area contributed by atoms with Crippen molar-refractivity contribution >= 4 is 19.2 Å². The van der Waals surface area contributed by atoms with Crippen LogP contribution in [0.15, 0.2) is 18.2 Å². The van der Waals surface area contributed by atoms with Crippen molar-refractivity contribution in [1.29, 1.82) is 0 Å². The first-order chi connectivity index (χ1) is 11.8. The number of halogens is 6. The van der Waals surface area contributed by atoms with Crippen molar-refractivity contribution in [3.8, 4) is 0 Å². The molecule has 0 saturated heterocycles. The van der Waals surface area contributed by atoms with E-state index in [0.717, 1.165) is 12.1 Å². The van der Waals surface area contributed by atoms with Gasteiger partial charge in [-0.05, 0) is 31.5 Å². The Morgan fingerprint density at radius 2 is 1.62 bits per heavy atom. The largest absolute Gasteiger partial charge is 0.471 e. The van der Waals surface area contributed by atoms with E-state index in [1.807, 2.05) is 0 Å². The predicted octanol–water partition coefficient (Wildman–Crippen LogP) is 4.97. The van der Waals surface area contributed by atoms with Crippen LogP contribution in [0.25, 0.3) is 0 Å². The number of alkyl halides is 6. The van der Waals surface area contributed by atoms with Crippen molar-refractivity contribution in [2.24, 2.45) is 0 Å². The maximum absolute atomic E-state index is 13.2. The molecule has 0 aliphatic heterocycles. The van der Waals surface area contributed by atoms with E-state index in [0.29, 0.717) is 6.07 Å². The second-order valence-corrected chi connectivity index (χ2v) is 6.98. The van der Waals surface area contributed by atoms with Crippen LogP contribution in [0.4, 0.5) is 32.0 Å². The van der Waals surface area contributed by atoms with Gasteiger partial charge in [0.1, 0.15) is 0 Å². The maximum atomic E-state index is 13.2. The zero-order valence-corrected chi connectivity index (χ0v) is 14.6. The molecule has 0 fully saturated rings. The maximum Gasteiger partial charge on any atom is 0.471 e. The third-order valence-electron chi connectivity index (χ3n) is 2.95. The van der Waals surface area contributed by atoms with E-state index in [-0.39, 0.29) is 13.2 Å². The highest BCUT2D eigenvalue weighted by Crippen LogP contribution is 2.52. The first-order valence-corrected chi connectivity index (χ1v) is 9.01. The number of nitrogens with one attached hydrogen (secondary N) is 1. The minimum Gasteiger partial charge on any atom is -0.318 e. The van der Waals surface area contributed by atoms with Gasteiger partial charge in [-0.2, -0.15) is 26.3 Å². The van der Waals surface area contributed by atoms with Gasteiger partial charge in [-0.15, -0.1) is 0 Å². The fraction of sp³-hybridized carbons (Fsp3) is 0.500. The number of hydrogen-bond donors (Lipinski definition) is 1. The highest BCUT2D eigenvalue weighted by atomic mass is 31.2. The van der Waals surface area contributed by atoms with E-state index >= 15 is 0 Å². The molecule has 1 aromatic rings. The van der Waals surface area contributed by atoms with E-state index in [9.17, 15) is 35.7 Å². The molecular formula is C14H16F6NO4P. The molecule has 12 heteroatoms. The van der Waals surface area contributed by atoms with E-state index in [4.69, 9.17) is 9.05 Å². The van der Waals surface area contributed by atoms with Crippen LogP contribution in [0, 0.1) is 0 Å². The number of amides is 1. The summed E-state index contributed by atoms with van der Waals surface area (Å²) in [7, 11) is -3.87. The van der Waals surface area contributed by atoms with Gasteiger partial charge in [0.2, 0.25) is 0 Å². The second-order valence-electron chi connectivity index (χ2n) is 4.93. The Balaban J connectivity index is 3.25. The van der Waals surface area contributed by atoms with Crippen molar-refractivity contribution in [3.05, 3.63) is 29.3 Å². The number of rotatable bonds is 7. The molecule has 1 amide bonds. The molecule has 0 spiro atoms. The highest BCUT2D eigenvalue weighted by Gasteiger charge is 2.40. The molecule has 0 heterocycles. The van der Waals surface area contributed by atoms with Crippen molar-refractivity contribution in [2.75, 3.05) is 18.5 Å².